The minimum atomic E-state index is -1.49. The molecule has 0 spiro atoms. The molecule has 7 atom stereocenters. The Morgan fingerprint density at radius 2 is 1.06 bits per heavy atom. The summed E-state index contributed by atoms with van der Waals surface area (Å²) in [6, 6.07) is 44.3. The van der Waals surface area contributed by atoms with E-state index < -0.39 is 83.4 Å². The van der Waals surface area contributed by atoms with E-state index in [9.17, 15) is 14.7 Å². The number of carbonyl (C=O) groups is 6. The van der Waals surface area contributed by atoms with Gasteiger partial charge >= 0.3 is 0 Å². The first kappa shape index (κ1) is 54.2. The van der Waals surface area contributed by atoms with E-state index in [-0.39, 0.29) is 44.4 Å². The fourth-order valence-corrected chi connectivity index (χ4v) is 10.8. The third-order valence-electron chi connectivity index (χ3n) is 14.9. The lowest BCUT2D eigenvalue weighted by molar-refractivity contribution is -0.144. The fraction of sp³-hybridized carbons (Fsp3) is 0.302. The molecule has 0 radical (unpaired) electrons. The van der Waals surface area contributed by atoms with Crippen LogP contribution in [0, 0.1) is 0 Å². The standard InChI is InChI=1S/C63H67N7O8/c1-3-4-29-51-57(72)69-56(41(2)78-63(45-22-11-6-12-23-45,46-24-13-7-14-25-46)47-26-15-8-16-27-47)61(76)68-54(38-42-20-9-5-10-21-42)62(77)70-36-19-31-55(70)60(75)67-52(37-43-32-34-48(71)35-33-43)58(73)66-53(59(74)65-51)39-44-40-64-50-30-18-17-28-49(44)50/h5-18,20-28,30,32-35,40-41,51-56,64,71H,3-4,19,29,31,36-39H2,1-2H3,(H,65,74)(H,66,73)(H,67,75)(H,68,76)(H,69,72)/t41-,51+,52-,53+,54+,55+,56-/m1/s1. The van der Waals surface area contributed by atoms with Crippen molar-refractivity contribution >= 4 is 46.3 Å². The van der Waals surface area contributed by atoms with Crippen molar-refractivity contribution in [2.24, 2.45) is 0 Å². The fourth-order valence-electron chi connectivity index (χ4n) is 10.8. The van der Waals surface area contributed by atoms with Crippen molar-refractivity contribution in [3.63, 3.8) is 0 Å². The molecule has 0 aliphatic carbocycles. The van der Waals surface area contributed by atoms with Crippen LogP contribution in [0.3, 0.4) is 0 Å². The maximum atomic E-state index is 15.6. The highest BCUT2D eigenvalue weighted by molar-refractivity contribution is 5.99. The molecule has 9 rings (SSSR count). The topological polar surface area (TPSA) is 211 Å². The van der Waals surface area contributed by atoms with Crippen molar-refractivity contribution in [2.75, 3.05) is 6.54 Å². The first-order chi connectivity index (χ1) is 37.9. The highest BCUT2D eigenvalue weighted by Gasteiger charge is 2.45. The highest BCUT2D eigenvalue weighted by Crippen LogP contribution is 2.42. The van der Waals surface area contributed by atoms with Crippen LogP contribution in [0.25, 0.3) is 10.9 Å². The third-order valence-corrected chi connectivity index (χ3v) is 14.9. The number of phenols is 1. The lowest BCUT2D eigenvalue weighted by atomic mass is 9.79. The number of nitrogens with zero attached hydrogens (tertiary/aromatic N) is 1. The summed E-state index contributed by atoms with van der Waals surface area (Å²) in [7, 11) is 0. The zero-order chi connectivity index (χ0) is 54.6. The average molecular weight is 1050 g/mol. The number of H-pyrrole nitrogens is 1. The summed E-state index contributed by atoms with van der Waals surface area (Å²) in [5.41, 5.74) is 3.77. The van der Waals surface area contributed by atoms with Crippen LogP contribution in [0.15, 0.2) is 176 Å². The zero-order valence-electron chi connectivity index (χ0n) is 43.9. The van der Waals surface area contributed by atoms with Gasteiger partial charge in [0, 0.05) is 42.9 Å². The minimum absolute atomic E-state index is 0.00622. The van der Waals surface area contributed by atoms with E-state index in [0.29, 0.717) is 30.4 Å². The summed E-state index contributed by atoms with van der Waals surface area (Å²) in [4.78, 5) is 95.5. The molecular weight excluding hydrogens is 983 g/mol. The van der Waals surface area contributed by atoms with Crippen LogP contribution < -0.4 is 26.6 Å². The average Bonchev–Trinajstić information content (AvgIpc) is 4.27. The van der Waals surface area contributed by atoms with Gasteiger partial charge in [0.25, 0.3) is 0 Å². The Kier molecular flexibility index (Phi) is 17.4. The Bertz CT molecular complexity index is 3080. The molecule has 15 nitrogen and oxygen atoms in total. The van der Waals surface area contributed by atoms with Gasteiger partial charge in [0.05, 0.1) is 6.10 Å². The minimum Gasteiger partial charge on any atom is -0.508 e. The van der Waals surface area contributed by atoms with Gasteiger partial charge in [-0.15, -0.1) is 0 Å². The first-order valence-electron chi connectivity index (χ1n) is 27.0. The largest absolute Gasteiger partial charge is 0.508 e. The molecule has 2 fully saturated rings. The smallest absolute Gasteiger partial charge is 0.246 e. The van der Waals surface area contributed by atoms with Crippen LogP contribution in [-0.2, 0) is 58.4 Å². The Hall–Kier alpha value is -8.56. The number of rotatable bonds is 15. The zero-order valence-corrected chi connectivity index (χ0v) is 43.9. The number of benzene rings is 6. The summed E-state index contributed by atoms with van der Waals surface area (Å²) < 4.78 is 7.40. The number of amides is 6. The van der Waals surface area contributed by atoms with E-state index in [1.807, 2.05) is 153 Å². The van der Waals surface area contributed by atoms with Crippen molar-refractivity contribution in [1.29, 1.82) is 0 Å². The van der Waals surface area contributed by atoms with Gasteiger partial charge in [0.15, 0.2) is 0 Å². The van der Waals surface area contributed by atoms with Gasteiger partial charge < -0.3 is 46.3 Å². The van der Waals surface area contributed by atoms with Gasteiger partial charge in [0.2, 0.25) is 35.4 Å². The Labute approximate surface area is 454 Å². The van der Waals surface area contributed by atoms with Gasteiger partial charge in [0.1, 0.15) is 47.6 Å². The van der Waals surface area contributed by atoms with Gasteiger partial charge in [-0.05, 0) is 77.8 Å². The normalized spacial score (nSPS) is 21.3. The number of carbonyl (C=O) groups excluding carboxylic acids is 6. The maximum Gasteiger partial charge on any atom is 0.246 e. The quantitative estimate of drug-likeness (QED) is 0.0535. The predicted octanol–water partition coefficient (Wildman–Crippen LogP) is 6.92. The third kappa shape index (κ3) is 12.5. The number of aromatic hydroxyl groups is 1. The van der Waals surface area contributed by atoms with Crippen molar-refractivity contribution in [3.05, 3.63) is 209 Å². The second-order valence-corrected chi connectivity index (χ2v) is 20.3. The molecule has 3 heterocycles. The van der Waals surface area contributed by atoms with Crippen LogP contribution in [0.4, 0.5) is 0 Å². The molecule has 6 amide bonds. The Morgan fingerprint density at radius 3 is 1.68 bits per heavy atom. The lowest BCUT2D eigenvalue weighted by Crippen LogP contribution is -2.63. The van der Waals surface area contributed by atoms with E-state index in [1.54, 1.807) is 25.3 Å². The molecule has 2 aliphatic rings. The van der Waals surface area contributed by atoms with Gasteiger partial charge in [-0.3, -0.25) is 28.8 Å². The van der Waals surface area contributed by atoms with Crippen LogP contribution in [0.1, 0.15) is 79.3 Å². The summed E-state index contributed by atoms with van der Waals surface area (Å²) >= 11 is 0. The van der Waals surface area contributed by atoms with Crippen molar-refractivity contribution in [3.8, 4) is 5.75 Å². The number of nitrogens with one attached hydrogen (secondary N) is 6. The van der Waals surface area contributed by atoms with Crippen LogP contribution in [-0.4, -0.2) is 99.3 Å². The summed E-state index contributed by atoms with van der Waals surface area (Å²) in [5.74, 6) is -3.86. The second-order valence-electron chi connectivity index (χ2n) is 20.3. The van der Waals surface area contributed by atoms with Crippen LogP contribution in [0.2, 0.25) is 0 Å². The van der Waals surface area contributed by atoms with E-state index in [1.165, 1.54) is 17.0 Å². The number of aromatic nitrogens is 1. The van der Waals surface area contributed by atoms with Crippen LogP contribution >= 0.6 is 0 Å². The molecule has 15 heteroatoms. The maximum absolute atomic E-state index is 15.6. The molecule has 6 aromatic carbocycles. The monoisotopic (exact) mass is 1050 g/mol. The Morgan fingerprint density at radius 1 is 0.564 bits per heavy atom. The van der Waals surface area contributed by atoms with E-state index in [4.69, 9.17) is 4.74 Å². The van der Waals surface area contributed by atoms with E-state index in [0.717, 1.165) is 33.2 Å². The molecule has 2 aliphatic heterocycles. The Balaban J connectivity index is 1.15. The highest BCUT2D eigenvalue weighted by atomic mass is 16.5. The van der Waals surface area contributed by atoms with E-state index in [2.05, 4.69) is 31.6 Å². The summed E-state index contributed by atoms with van der Waals surface area (Å²) in [5, 5.41) is 25.9. The molecule has 1 aromatic heterocycles. The first-order valence-corrected chi connectivity index (χ1v) is 27.0. The molecule has 402 valence electrons. The molecule has 0 unspecified atom stereocenters. The number of hydrogen-bond acceptors (Lipinski definition) is 8. The van der Waals surface area contributed by atoms with Gasteiger partial charge in [-0.2, -0.15) is 0 Å². The molecule has 7 N–H and O–H groups in total. The number of unbranched alkanes of at least 4 members (excludes halogenated alkanes) is 1. The predicted molar refractivity (Wildman–Crippen MR) is 298 cm³/mol. The number of hydrogen-bond donors (Lipinski definition) is 7. The van der Waals surface area contributed by atoms with Crippen LogP contribution in [0.5, 0.6) is 5.75 Å². The van der Waals surface area contributed by atoms with Gasteiger partial charge in [-0.1, -0.05) is 171 Å². The SMILES string of the molecule is CCCC[C@@H]1NC(=O)[C@H](Cc2c[nH]c3ccccc23)NC(=O)[C@@H](Cc2ccc(O)cc2)NC(=O)[C@@H]2CCCN2C(=O)[C@H](Cc2ccccc2)NC(=O)[C@@H]([C@@H](C)OC(c2ccccc2)(c2ccccc2)c2ccccc2)NC1=O. The second kappa shape index (κ2) is 25.1. The van der Waals surface area contributed by atoms with E-state index >= 15 is 19.2 Å². The van der Waals surface area contributed by atoms with Gasteiger partial charge in [-0.25, -0.2) is 0 Å². The molecule has 0 saturated carbocycles. The number of fused-ring (bicyclic) bond motifs is 2. The number of para-hydroxylation sites is 1. The van der Waals surface area contributed by atoms with Crippen molar-refractivity contribution in [2.45, 2.75) is 113 Å². The van der Waals surface area contributed by atoms with Crippen molar-refractivity contribution in [1.82, 2.24) is 36.5 Å². The summed E-state index contributed by atoms with van der Waals surface area (Å²) in [6.07, 6.45) is 2.69. The molecule has 78 heavy (non-hydrogen) atoms. The molecule has 7 aromatic rings. The molecule has 0 bridgehead atoms. The summed E-state index contributed by atoms with van der Waals surface area (Å²) in [6.45, 7) is 3.85. The number of aromatic amines is 1. The van der Waals surface area contributed by atoms with Crippen molar-refractivity contribution < 1.29 is 38.6 Å². The number of phenolic OH excluding ortho intramolecular Hbond substituents is 1. The molecule has 2 saturated heterocycles. The lowest BCUT2D eigenvalue weighted by Gasteiger charge is -2.40. The number of ether oxygens (including phenoxy) is 1. The molecular formula is C63H67N7O8.